The number of ether oxygens (including phenoxy) is 1. The average molecular weight is 972 g/mol. The summed E-state index contributed by atoms with van der Waals surface area (Å²) in [6, 6.07) is 48.2. The van der Waals surface area contributed by atoms with Gasteiger partial charge in [0.25, 0.3) is 0 Å². The fourth-order valence-electron chi connectivity index (χ4n) is 8.86. The molecule has 0 N–H and O–H groups in total. The molecule has 0 bridgehead atoms. The van der Waals surface area contributed by atoms with Crippen LogP contribution in [-0.2, 0) is 42.7 Å². The van der Waals surface area contributed by atoms with Crippen LogP contribution in [0.5, 0.6) is 11.5 Å². The van der Waals surface area contributed by atoms with Crippen LogP contribution in [0.25, 0.3) is 33.3 Å². The molecule has 0 atom stereocenters. The summed E-state index contributed by atoms with van der Waals surface area (Å²) < 4.78 is 11.1. The Labute approximate surface area is 371 Å². The number of hydrogen-bond donors (Lipinski definition) is 0. The maximum absolute atomic E-state index is 6.81. The molecule has 0 spiro atoms. The third kappa shape index (κ3) is 7.67. The Kier molecular flexibility index (Phi) is 11.2. The predicted molar refractivity (Wildman–Crippen MR) is 244 cm³/mol. The van der Waals surface area contributed by atoms with E-state index in [1.54, 1.807) is 0 Å². The number of aromatic nitrogens is 4. The number of nitrogens with zero attached hydrogens (tertiary/aromatic N) is 4. The van der Waals surface area contributed by atoms with Gasteiger partial charge in [0.15, 0.2) is 0 Å². The summed E-state index contributed by atoms with van der Waals surface area (Å²) in [6.07, 6.45) is 1.93. The molecular weight excluding hydrogens is 916 g/mol. The summed E-state index contributed by atoms with van der Waals surface area (Å²) in [5.74, 6) is 2.07. The SMILES string of the molecule is Cc1nn(-c2[c-]c(Oc3[c-]c4c(c(C(C)(C)C)c3)c3cc(C(C)(C)c5ccccc5)ccc3n4-c3cc(C(C)(C)C)ccn3)ccc2)c(C)c1C(C)(C)c1ccccc1.[Pt+2]. The third-order valence-electron chi connectivity index (χ3n) is 12.2. The zero-order valence-corrected chi connectivity index (χ0v) is 39.3. The summed E-state index contributed by atoms with van der Waals surface area (Å²) in [6.45, 7) is 26.9. The molecule has 60 heavy (non-hydrogen) atoms. The van der Waals surface area contributed by atoms with Crippen LogP contribution in [0.1, 0.15) is 114 Å². The number of fused-ring (bicyclic) bond motifs is 3. The van der Waals surface area contributed by atoms with E-state index < -0.39 is 0 Å². The molecule has 0 fully saturated rings. The Balaban J connectivity index is 0.00000544. The van der Waals surface area contributed by atoms with E-state index in [0.717, 1.165) is 39.3 Å². The second-order valence-corrected chi connectivity index (χ2v) is 19.2. The van der Waals surface area contributed by atoms with Gasteiger partial charge in [-0.1, -0.05) is 153 Å². The second-order valence-electron chi connectivity index (χ2n) is 19.2. The van der Waals surface area contributed by atoms with E-state index >= 15 is 0 Å². The molecule has 3 aromatic heterocycles. The van der Waals surface area contributed by atoms with Gasteiger partial charge in [-0.05, 0) is 76.2 Å². The number of benzene rings is 5. The smallest absolute Gasteiger partial charge is 0.509 e. The first kappa shape index (κ1) is 42.9. The van der Waals surface area contributed by atoms with Crippen molar-refractivity contribution in [2.24, 2.45) is 0 Å². The van der Waals surface area contributed by atoms with Crippen LogP contribution in [-0.4, -0.2) is 19.3 Å². The molecule has 0 saturated carbocycles. The van der Waals surface area contributed by atoms with Gasteiger partial charge in [-0.2, -0.15) is 11.2 Å². The Bertz CT molecular complexity index is 2830. The van der Waals surface area contributed by atoms with Crippen molar-refractivity contribution >= 4 is 21.8 Å². The first-order chi connectivity index (χ1) is 27.9. The molecule has 0 amide bonds. The minimum Gasteiger partial charge on any atom is -0.509 e. The molecule has 0 radical (unpaired) electrons. The zero-order valence-electron chi connectivity index (χ0n) is 37.1. The monoisotopic (exact) mass is 971 g/mol. The zero-order chi connectivity index (χ0) is 42.1. The Morgan fingerprint density at radius 1 is 0.583 bits per heavy atom. The molecule has 0 aliphatic heterocycles. The summed E-state index contributed by atoms with van der Waals surface area (Å²) in [4.78, 5) is 5.01. The fourth-order valence-corrected chi connectivity index (χ4v) is 8.86. The van der Waals surface area contributed by atoms with E-state index in [9.17, 15) is 0 Å². The molecule has 308 valence electrons. The average Bonchev–Trinajstić information content (AvgIpc) is 3.70. The maximum Gasteiger partial charge on any atom is 2.00 e. The third-order valence-corrected chi connectivity index (χ3v) is 12.2. The molecule has 6 heteroatoms. The number of pyridine rings is 1. The molecule has 5 aromatic carbocycles. The van der Waals surface area contributed by atoms with E-state index in [2.05, 4.69) is 197 Å². The largest absolute Gasteiger partial charge is 2.00 e. The van der Waals surface area contributed by atoms with Crippen molar-refractivity contribution in [3.05, 3.63) is 178 Å². The van der Waals surface area contributed by atoms with Gasteiger partial charge < -0.3 is 9.30 Å². The van der Waals surface area contributed by atoms with Crippen molar-refractivity contribution in [3.8, 4) is 23.0 Å². The van der Waals surface area contributed by atoms with Crippen molar-refractivity contribution in [1.29, 1.82) is 0 Å². The molecule has 8 aromatic rings. The molecule has 0 aliphatic rings. The van der Waals surface area contributed by atoms with Crippen molar-refractivity contribution in [1.82, 2.24) is 19.3 Å². The fraction of sp³-hybridized carbons (Fsp3) is 0.296. The van der Waals surface area contributed by atoms with E-state index in [-0.39, 0.29) is 42.7 Å². The van der Waals surface area contributed by atoms with Gasteiger partial charge in [-0.3, -0.25) is 4.68 Å². The van der Waals surface area contributed by atoms with Crippen LogP contribution >= 0.6 is 0 Å². The van der Waals surface area contributed by atoms with E-state index in [4.69, 9.17) is 14.8 Å². The molecule has 8 rings (SSSR count). The summed E-state index contributed by atoms with van der Waals surface area (Å²) >= 11 is 0. The van der Waals surface area contributed by atoms with Crippen molar-refractivity contribution in [3.63, 3.8) is 0 Å². The second kappa shape index (κ2) is 15.7. The van der Waals surface area contributed by atoms with Gasteiger partial charge in [0.2, 0.25) is 0 Å². The van der Waals surface area contributed by atoms with Crippen LogP contribution in [0.3, 0.4) is 0 Å². The standard InChI is InChI=1S/C54H56N4O.Pt/c1-35-50(54(11,12)38-22-17-14-18-23-38)36(2)58(56-35)41-24-19-25-42(32-41)59-43-33-45(52(6,7)8)49-44-30-40(53(9,10)37-20-15-13-16-21-37)26-27-46(44)57(47(49)34-43)48-31-39(28-29-55-48)51(3,4)5;/h13-31,33H,1-12H3;/q-2;+2. The Morgan fingerprint density at radius 2 is 1.23 bits per heavy atom. The predicted octanol–water partition coefficient (Wildman–Crippen LogP) is 13.6. The molecule has 0 unspecified atom stereocenters. The summed E-state index contributed by atoms with van der Waals surface area (Å²) in [5.41, 5.74) is 11.6. The quantitative estimate of drug-likeness (QED) is 0.143. The van der Waals surface area contributed by atoms with Crippen LogP contribution in [0.4, 0.5) is 0 Å². The van der Waals surface area contributed by atoms with Gasteiger partial charge in [0.05, 0.1) is 5.69 Å². The minimum atomic E-state index is -0.229. The number of aryl methyl sites for hydroxylation is 1. The van der Waals surface area contributed by atoms with E-state index in [1.165, 1.54) is 38.8 Å². The van der Waals surface area contributed by atoms with Crippen molar-refractivity contribution in [2.75, 3.05) is 0 Å². The molecule has 3 heterocycles. The summed E-state index contributed by atoms with van der Waals surface area (Å²) in [7, 11) is 0. The first-order valence-electron chi connectivity index (χ1n) is 20.8. The van der Waals surface area contributed by atoms with E-state index in [0.29, 0.717) is 11.5 Å². The molecule has 0 aliphatic carbocycles. The van der Waals surface area contributed by atoms with Crippen LogP contribution in [0.2, 0.25) is 0 Å². The van der Waals surface area contributed by atoms with E-state index in [1.807, 2.05) is 29.1 Å². The number of hydrogen-bond acceptors (Lipinski definition) is 3. The van der Waals surface area contributed by atoms with Crippen LogP contribution < -0.4 is 4.74 Å². The molecular formula is C54H56N4OPt. The normalized spacial score (nSPS) is 12.5. The van der Waals surface area contributed by atoms with Crippen LogP contribution in [0.15, 0.2) is 121 Å². The minimum absolute atomic E-state index is 0. The number of rotatable bonds is 8. The topological polar surface area (TPSA) is 44.9 Å². The van der Waals surface area contributed by atoms with Gasteiger partial charge in [-0.25, -0.2) is 4.98 Å². The van der Waals surface area contributed by atoms with Gasteiger partial charge in [-0.15, -0.1) is 35.9 Å². The van der Waals surface area contributed by atoms with Crippen LogP contribution in [0, 0.1) is 26.0 Å². The Hall–Kier alpha value is -5.25. The van der Waals surface area contributed by atoms with Gasteiger partial charge in [0.1, 0.15) is 5.82 Å². The van der Waals surface area contributed by atoms with Crippen molar-refractivity contribution in [2.45, 2.75) is 105 Å². The van der Waals surface area contributed by atoms with Gasteiger partial charge >= 0.3 is 21.1 Å². The molecule has 5 nitrogen and oxygen atoms in total. The maximum atomic E-state index is 6.81. The first-order valence-corrected chi connectivity index (χ1v) is 20.8. The van der Waals surface area contributed by atoms with Gasteiger partial charge in [0, 0.05) is 45.3 Å². The summed E-state index contributed by atoms with van der Waals surface area (Å²) in [5, 5.41) is 7.38. The van der Waals surface area contributed by atoms with Crippen molar-refractivity contribution < 1.29 is 25.8 Å². The Morgan fingerprint density at radius 3 is 1.87 bits per heavy atom. The molecule has 0 saturated heterocycles.